The summed E-state index contributed by atoms with van der Waals surface area (Å²) in [5.41, 5.74) is 2.42. The van der Waals surface area contributed by atoms with E-state index in [1.54, 1.807) is 6.92 Å². The fourth-order valence-corrected chi connectivity index (χ4v) is 2.85. The maximum Gasteiger partial charge on any atom is 0.328 e. The highest BCUT2D eigenvalue weighted by Gasteiger charge is 2.27. The van der Waals surface area contributed by atoms with Gasteiger partial charge in [0, 0.05) is 12.0 Å². The molecule has 0 bridgehead atoms. The Hall–Kier alpha value is -3.41. The molecule has 1 amide bonds. The summed E-state index contributed by atoms with van der Waals surface area (Å²) in [6.07, 6.45) is 0.324. The summed E-state index contributed by atoms with van der Waals surface area (Å²) >= 11 is 0. The molecule has 0 radical (unpaired) electrons. The summed E-state index contributed by atoms with van der Waals surface area (Å²) in [6.45, 7) is 1.67. The monoisotopic (exact) mass is 364 g/mol. The first kappa shape index (κ1) is 18.4. The van der Waals surface area contributed by atoms with E-state index in [1.165, 1.54) is 7.11 Å². The second kappa shape index (κ2) is 8.31. The number of hydrogen-bond donors (Lipinski definition) is 1. The van der Waals surface area contributed by atoms with Crippen molar-refractivity contribution < 1.29 is 18.8 Å². The Morgan fingerprint density at radius 1 is 1.07 bits per heavy atom. The zero-order valence-electron chi connectivity index (χ0n) is 15.1. The highest BCUT2D eigenvalue weighted by molar-refractivity contribution is 6.02. The van der Waals surface area contributed by atoms with Crippen LogP contribution in [0.2, 0.25) is 0 Å². The van der Waals surface area contributed by atoms with Crippen LogP contribution in [0.3, 0.4) is 0 Å². The summed E-state index contributed by atoms with van der Waals surface area (Å²) < 4.78 is 10.1. The summed E-state index contributed by atoms with van der Waals surface area (Å²) in [5, 5.41) is 6.77. The van der Waals surface area contributed by atoms with E-state index in [9.17, 15) is 9.59 Å². The molecule has 2 aromatic carbocycles. The standard InChI is InChI=1S/C21H20N2O4/c1-14-18(19(23-27-14)16-11-7-4-8-12-16)20(24)22-17(21(25)26-2)13-15-9-5-3-6-10-15/h3-12,17H,13H2,1-2H3,(H,22,24). The number of aromatic nitrogens is 1. The van der Waals surface area contributed by atoms with Gasteiger partial charge in [-0.15, -0.1) is 0 Å². The minimum atomic E-state index is -0.817. The van der Waals surface area contributed by atoms with Crippen LogP contribution in [0, 0.1) is 6.92 Å². The zero-order valence-corrected chi connectivity index (χ0v) is 15.1. The Morgan fingerprint density at radius 2 is 1.70 bits per heavy atom. The molecule has 1 atom stereocenters. The SMILES string of the molecule is COC(=O)C(Cc1ccccc1)NC(=O)c1c(-c2ccccc2)noc1C. The quantitative estimate of drug-likeness (QED) is 0.680. The minimum absolute atomic E-state index is 0.308. The molecular weight excluding hydrogens is 344 g/mol. The molecule has 1 unspecified atom stereocenters. The van der Waals surface area contributed by atoms with Crippen molar-refractivity contribution in [3.8, 4) is 11.3 Å². The lowest BCUT2D eigenvalue weighted by Crippen LogP contribution is -2.43. The fourth-order valence-electron chi connectivity index (χ4n) is 2.85. The van der Waals surface area contributed by atoms with Crippen LogP contribution in [-0.4, -0.2) is 30.2 Å². The first-order chi connectivity index (χ1) is 13.1. The van der Waals surface area contributed by atoms with E-state index in [1.807, 2.05) is 60.7 Å². The third kappa shape index (κ3) is 4.23. The molecule has 138 valence electrons. The van der Waals surface area contributed by atoms with Gasteiger partial charge in [-0.2, -0.15) is 0 Å². The largest absolute Gasteiger partial charge is 0.467 e. The van der Waals surface area contributed by atoms with Crippen molar-refractivity contribution in [2.24, 2.45) is 0 Å². The number of esters is 1. The molecule has 0 aliphatic rings. The number of benzene rings is 2. The number of carbonyl (C=O) groups is 2. The van der Waals surface area contributed by atoms with Crippen LogP contribution in [0.25, 0.3) is 11.3 Å². The molecule has 1 N–H and O–H groups in total. The van der Waals surface area contributed by atoms with Gasteiger partial charge in [0.2, 0.25) is 0 Å². The maximum atomic E-state index is 12.9. The van der Waals surface area contributed by atoms with E-state index in [4.69, 9.17) is 9.26 Å². The number of rotatable bonds is 6. The van der Waals surface area contributed by atoms with E-state index in [0.717, 1.165) is 11.1 Å². The van der Waals surface area contributed by atoms with Crippen molar-refractivity contribution in [2.45, 2.75) is 19.4 Å². The van der Waals surface area contributed by atoms with E-state index >= 15 is 0 Å². The number of ether oxygens (including phenoxy) is 1. The Kier molecular flexibility index (Phi) is 5.66. The van der Waals surface area contributed by atoms with Crippen LogP contribution in [0.1, 0.15) is 21.7 Å². The van der Waals surface area contributed by atoms with Gasteiger partial charge in [-0.3, -0.25) is 4.79 Å². The van der Waals surface area contributed by atoms with Gasteiger partial charge in [-0.05, 0) is 12.5 Å². The number of carbonyl (C=O) groups excluding carboxylic acids is 2. The van der Waals surface area contributed by atoms with E-state index in [-0.39, 0.29) is 0 Å². The van der Waals surface area contributed by atoms with Crippen molar-refractivity contribution in [3.63, 3.8) is 0 Å². The molecule has 1 aromatic heterocycles. The number of nitrogens with one attached hydrogen (secondary N) is 1. The zero-order chi connectivity index (χ0) is 19.2. The average Bonchev–Trinajstić information content (AvgIpc) is 3.10. The second-order valence-electron chi connectivity index (χ2n) is 6.07. The van der Waals surface area contributed by atoms with Crippen molar-refractivity contribution in [1.82, 2.24) is 10.5 Å². The van der Waals surface area contributed by atoms with Crippen molar-refractivity contribution in [3.05, 3.63) is 77.6 Å². The van der Waals surface area contributed by atoms with Gasteiger partial charge in [0.25, 0.3) is 5.91 Å². The molecular formula is C21H20N2O4. The lowest BCUT2D eigenvalue weighted by atomic mass is 10.0. The molecule has 0 spiro atoms. The molecule has 6 heteroatoms. The molecule has 0 fully saturated rings. The Bertz CT molecular complexity index is 920. The van der Waals surface area contributed by atoms with Crippen LogP contribution in [-0.2, 0) is 16.0 Å². The van der Waals surface area contributed by atoms with Gasteiger partial charge < -0.3 is 14.6 Å². The lowest BCUT2D eigenvalue weighted by molar-refractivity contribution is -0.142. The highest BCUT2D eigenvalue weighted by atomic mass is 16.5. The summed E-state index contributed by atoms with van der Waals surface area (Å²) in [7, 11) is 1.30. The normalized spacial score (nSPS) is 11.6. The number of nitrogens with zero attached hydrogens (tertiary/aromatic N) is 1. The van der Waals surface area contributed by atoms with Gasteiger partial charge in [0.1, 0.15) is 23.1 Å². The Balaban J connectivity index is 1.86. The maximum absolute atomic E-state index is 12.9. The van der Waals surface area contributed by atoms with Crippen LogP contribution >= 0.6 is 0 Å². The van der Waals surface area contributed by atoms with Crippen LogP contribution in [0.15, 0.2) is 65.2 Å². The third-order valence-electron chi connectivity index (χ3n) is 4.21. The van der Waals surface area contributed by atoms with Crippen molar-refractivity contribution >= 4 is 11.9 Å². The molecule has 3 aromatic rings. The number of amides is 1. The molecule has 0 aliphatic carbocycles. The Labute approximate surface area is 157 Å². The minimum Gasteiger partial charge on any atom is -0.467 e. The smallest absolute Gasteiger partial charge is 0.328 e. The average molecular weight is 364 g/mol. The molecule has 27 heavy (non-hydrogen) atoms. The van der Waals surface area contributed by atoms with Crippen molar-refractivity contribution in [2.75, 3.05) is 7.11 Å². The van der Waals surface area contributed by atoms with Crippen LogP contribution in [0.5, 0.6) is 0 Å². The molecule has 0 saturated heterocycles. The Morgan fingerprint density at radius 3 is 2.33 bits per heavy atom. The van der Waals surface area contributed by atoms with Gasteiger partial charge in [-0.1, -0.05) is 65.8 Å². The number of methoxy groups -OCH3 is 1. The molecule has 0 saturated carbocycles. The topological polar surface area (TPSA) is 81.4 Å². The lowest BCUT2D eigenvalue weighted by Gasteiger charge is -2.16. The van der Waals surface area contributed by atoms with Gasteiger partial charge in [0.05, 0.1) is 7.11 Å². The predicted molar refractivity (Wildman–Crippen MR) is 100 cm³/mol. The van der Waals surface area contributed by atoms with Gasteiger partial charge in [0.15, 0.2) is 0 Å². The number of hydrogen-bond acceptors (Lipinski definition) is 5. The first-order valence-corrected chi connectivity index (χ1v) is 8.54. The third-order valence-corrected chi connectivity index (χ3v) is 4.21. The predicted octanol–water partition coefficient (Wildman–Crippen LogP) is 3.16. The van der Waals surface area contributed by atoms with Crippen molar-refractivity contribution in [1.29, 1.82) is 0 Å². The molecule has 3 rings (SSSR count). The van der Waals surface area contributed by atoms with Crippen LogP contribution < -0.4 is 5.32 Å². The molecule has 6 nitrogen and oxygen atoms in total. The number of aryl methyl sites for hydroxylation is 1. The van der Waals surface area contributed by atoms with E-state index in [0.29, 0.717) is 23.4 Å². The summed E-state index contributed by atoms with van der Waals surface area (Å²) in [4.78, 5) is 25.1. The van der Waals surface area contributed by atoms with Crippen LogP contribution in [0.4, 0.5) is 0 Å². The van der Waals surface area contributed by atoms with E-state index in [2.05, 4.69) is 10.5 Å². The fraction of sp³-hybridized carbons (Fsp3) is 0.190. The summed E-state index contributed by atoms with van der Waals surface area (Å²) in [6, 6.07) is 17.9. The summed E-state index contributed by atoms with van der Waals surface area (Å²) in [5.74, 6) is -0.559. The van der Waals surface area contributed by atoms with Gasteiger partial charge >= 0.3 is 5.97 Å². The second-order valence-corrected chi connectivity index (χ2v) is 6.07. The highest BCUT2D eigenvalue weighted by Crippen LogP contribution is 2.25. The molecule has 0 aliphatic heterocycles. The first-order valence-electron chi connectivity index (χ1n) is 8.54. The van der Waals surface area contributed by atoms with Gasteiger partial charge in [-0.25, -0.2) is 4.79 Å². The van der Waals surface area contributed by atoms with E-state index < -0.39 is 17.9 Å². The molecule has 1 heterocycles.